The van der Waals surface area contributed by atoms with Crippen molar-refractivity contribution in [1.82, 2.24) is 14.6 Å². The second kappa shape index (κ2) is 7.47. The number of nitrogens with zero attached hydrogens (tertiary/aromatic N) is 2. The molecule has 2 atom stereocenters. The third kappa shape index (κ3) is 4.14. The molecule has 2 aliphatic rings. The van der Waals surface area contributed by atoms with E-state index in [4.69, 9.17) is 9.47 Å². The van der Waals surface area contributed by atoms with Crippen molar-refractivity contribution in [2.75, 3.05) is 38.2 Å². The molecule has 1 aromatic heterocycles. The molecule has 1 saturated carbocycles. The Balaban J connectivity index is 1.57. The molecule has 1 aromatic rings. The second-order valence-electron chi connectivity index (χ2n) is 6.50. The summed E-state index contributed by atoms with van der Waals surface area (Å²) in [5.74, 6) is 0.280. The Labute approximate surface area is 153 Å². The van der Waals surface area contributed by atoms with Gasteiger partial charge in [-0.15, -0.1) is 0 Å². The molecular weight excluding hydrogens is 360 g/mol. The van der Waals surface area contributed by atoms with E-state index in [0.29, 0.717) is 32.9 Å². The van der Waals surface area contributed by atoms with Gasteiger partial charge in [-0.25, -0.2) is 18.2 Å². The number of morpholine rings is 1. The Morgan fingerprint density at radius 1 is 1.42 bits per heavy atom. The number of ether oxygens (including phenoxy) is 2. The molecule has 2 N–H and O–H groups in total. The van der Waals surface area contributed by atoms with Gasteiger partial charge in [-0.2, -0.15) is 4.31 Å². The van der Waals surface area contributed by atoms with E-state index in [1.165, 1.54) is 22.6 Å². The van der Waals surface area contributed by atoms with E-state index in [2.05, 4.69) is 15.6 Å². The van der Waals surface area contributed by atoms with Crippen LogP contribution in [-0.2, 0) is 19.5 Å². The van der Waals surface area contributed by atoms with Gasteiger partial charge in [-0.05, 0) is 26.0 Å². The highest BCUT2D eigenvalue weighted by atomic mass is 32.2. The van der Waals surface area contributed by atoms with E-state index in [0.717, 1.165) is 6.42 Å². The van der Waals surface area contributed by atoms with Crippen molar-refractivity contribution < 1.29 is 22.7 Å². The van der Waals surface area contributed by atoms with Crippen LogP contribution in [0.2, 0.25) is 0 Å². The van der Waals surface area contributed by atoms with Crippen molar-refractivity contribution in [3.05, 3.63) is 18.3 Å². The minimum absolute atomic E-state index is 0.0385. The minimum Gasteiger partial charge on any atom is -0.379 e. The second-order valence-corrected chi connectivity index (χ2v) is 8.43. The smallest absolute Gasteiger partial charge is 0.320 e. The van der Waals surface area contributed by atoms with Crippen molar-refractivity contribution in [2.45, 2.75) is 36.8 Å². The number of amides is 2. The predicted molar refractivity (Wildman–Crippen MR) is 94.4 cm³/mol. The first-order valence-corrected chi connectivity index (χ1v) is 10.0. The number of carbonyl (C=O) groups is 1. The summed E-state index contributed by atoms with van der Waals surface area (Å²) in [6.45, 7) is 5.87. The molecule has 9 nitrogen and oxygen atoms in total. The lowest BCUT2D eigenvalue weighted by Crippen LogP contribution is -2.40. The zero-order chi connectivity index (χ0) is 18.8. The monoisotopic (exact) mass is 384 g/mol. The fourth-order valence-electron chi connectivity index (χ4n) is 2.89. The van der Waals surface area contributed by atoms with Crippen molar-refractivity contribution >= 4 is 21.9 Å². The average molecular weight is 384 g/mol. The first kappa shape index (κ1) is 19.0. The van der Waals surface area contributed by atoms with Crippen LogP contribution in [0.1, 0.15) is 20.3 Å². The maximum atomic E-state index is 12.5. The van der Waals surface area contributed by atoms with Crippen LogP contribution in [-0.4, -0.2) is 68.3 Å². The average Bonchev–Trinajstić information content (AvgIpc) is 3.25. The fraction of sp³-hybridized carbons (Fsp3) is 0.625. The van der Waals surface area contributed by atoms with Gasteiger partial charge in [0.1, 0.15) is 10.7 Å². The maximum Gasteiger partial charge on any atom is 0.320 e. The molecule has 2 fully saturated rings. The van der Waals surface area contributed by atoms with Crippen LogP contribution in [0.15, 0.2) is 23.2 Å². The van der Waals surface area contributed by atoms with Gasteiger partial charge < -0.3 is 14.8 Å². The number of urea groups is 1. The molecule has 26 heavy (non-hydrogen) atoms. The molecule has 144 valence electrons. The van der Waals surface area contributed by atoms with E-state index >= 15 is 0 Å². The number of hydrogen-bond acceptors (Lipinski definition) is 6. The number of carbonyl (C=O) groups excluding carboxylic acids is 1. The van der Waals surface area contributed by atoms with Crippen molar-refractivity contribution in [3.8, 4) is 0 Å². The summed E-state index contributed by atoms with van der Waals surface area (Å²) in [6.07, 6.45) is 2.01. The van der Waals surface area contributed by atoms with E-state index in [9.17, 15) is 13.2 Å². The summed E-state index contributed by atoms with van der Waals surface area (Å²) < 4.78 is 37.2. The van der Waals surface area contributed by atoms with Crippen molar-refractivity contribution in [2.24, 2.45) is 0 Å². The molecule has 0 aromatic carbocycles. The third-order valence-electron chi connectivity index (χ3n) is 4.55. The third-order valence-corrected chi connectivity index (χ3v) is 6.43. The van der Waals surface area contributed by atoms with Crippen molar-refractivity contribution in [3.63, 3.8) is 0 Å². The molecule has 0 radical (unpaired) electrons. The highest BCUT2D eigenvalue weighted by Crippen LogP contribution is 2.39. The topological polar surface area (TPSA) is 110 Å². The Bertz CT molecular complexity index is 748. The SMILES string of the molecule is CCO[C@@]1(C)C[C@H]1NC(=O)Nc1ccc(S(=O)(=O)N2CCOCC2)cn1. The summed E-state index contributed by atoms with van der Waals surface area (Å²) in [7, 11) is -3.59. The number of sulfonamides is 1. The first-order chi connectivity index (χ1) is 12.3. The normalized spacial score (nSPS) is 26.3. The lowest BCUT2D eigenvalue weighted by molar-refractivity contribution is 0.0494. The maximum absolute atomic E-state index is 12.5. The van der Waals surface area contributed by atoms with Crippen LogP contribution in [0.3, 0.4) is 0 Å². The van der Waals surface area contributed by atoms with Gasteiger partial charge in [0.15, 0.2) is 0 Å². The number of anilines is 1. The summed E-state index contributed by atoms with van der Waals surface area (Å²) in [5, 5.41) is 5.43. The number of pyridine rings is 1. The Hall–Kier alpha value is -1.75. The van der Waals surface area contributed by atoms with Gasteiger partial charge in [0, 0.05) is 32.3 Å². The van der Waals surface area contributed by atoms with E-state index in [1.54, 1.807) is 0 Å². The minimum atomic E-state index is -3.59. The molecule has 0 spiro atoms. The van der Waals surface area contributed by atoms with E-state index in [1.807, 2.05) is 13.8 Å². The van der Waals surface area contributed by atoms with Crippen LogP contribution >= 0.6 is 0 Å². The quantitative estimate of drug-likeness (QED) is 0.750. The van der Waals surface area contributed by atoms with Crippen LogP contribution in [0.5, 0.6) is 0 Å². The first-order valence-electron chi connectivity index (χ1n) is 8.60. The summed E-state index contributed by atoms with van der Waals surface area (Å²) in [4.78, 5) is 16.2. The van der Waals surface area contributed by atoms with Gasteiger partial charge in [0.2, 0.25) is 10.0 Å². The molecule has 3 rings (SSSR count). The molecular formula is C16H24N4O5S. The molecule has 0 unspecified atom stereocenters. The van der Waals surface area contributed by atoms with E-state index < -0.39 is 16.1 Å². The predicted octanol–water partition coefficient (Wildman–Crippen LogP) is 0.792. The number of aromatic nitrogens is 1. The lowest BCUT2D eigenvalue weighted by Gasteiger charge is -2.25. The highest BCUT2D eigenvalue weighted by Gasteiger charge is 2.52. The summed E-state index contributed by atoms with van der Waals surface area (Å²) >= 11 is 0. The van der Waals surface area contributed by atoms with Gasteiger partial charge in [-0.3, -0.25) is 5.32 Å². The molecule has 2 heterocycles. The molecule has 0 bridgehead atoms. The molecule has 10 heteroatoms. The van der Waals surface area contributed by atoms with Crippen LogP contribution < -0.4 is 10.6 Å². The summed E-state index contributed by atoms with van der Waals surface area (Å²) in [6, 6.07) is 2.48. The van der Waals surface area contributed by atoms with Crippen LogP contribution in [0, 0.1) is 0 Å². The number of hydrogen-bond donors (Lipinski definition) is 2. The number of rotatable bonds is 6. The van der Waals surface area contributed by atoms with Crippen molar-refractivity contribution in [1.29, 1.82) is 0 Å². The van der Waals surface area contributed by atoms with Gasteiger partial charge in [0.25, 0.3) is 0 Å². The standard InChI is InChI=1S/C16H24N4O5S/c1-3-25-16(2)10-13(16)18-15(21)19-14-5-4-12(11-17-14)26(22,23)20-6-8-24-9-7-20/h4-5,11,13H,3,6-10H2,1-2H3,(H2,17,18,19,21)/t13-,16+/m1/s1. The summed E-state index contributed by atoms with van der Waals surface area (Å²) in [5.41, 5.74) is -0.310. The van der Waals surface area contributed by atoms with Gasteiger partial charge in [0.05, 0.1) is 24.9 Å². The Morgan fingerprint density at radius 2 is 2.15 bits per heavy atom. The zero-order valence-corrected chi connectivity index (χ0v) is 15.7. The molecule has 1 aliphatic carbocycles. The zero-order valence-electron chi connectivity index (χ0n) is 14.9. The highest BCUT2D eigenvalue weighted by molar-refractivity contribution is 7.89. The van der Waals surface area contributed by atoms with Gasteiger partial charge >= 0.3 is 6.03 Å². The largest absolute Gasteiger partial charge is 0.379 e. The van der Waals surface area contributed by atoms with Gasteiger partial charge in [-0.1, -0.05) is 0 Å². The van der Waals surface area contributed by atoms with E-state index in [-0.39, 0.29) is 22.4 Å². The molecule has 1 aliphatic heterocycles. The fourth-order valence-corrected chi connectivity index (χ4v) is 4.25. The molecule has 2 amide bonds. The number of nitrogens with one attached hydrogen (secondary N) is 2. The lowest BCUT2D eigenvalue weighted by atomic mass is 10.4. The molecule has 1 saturated heterocycles. The Kier molecular flexibility index (Phi) is 5.47. The Morgan fingerprint density at radius 3 is 2.77 bits per heavy atom. The van der Waals surface area contributed by atoms with Crippen LogP contribution in [0.4, 0.5) is 10.6 Å². The van der Waals surface area contributed by atoms with Crippen LogP contribution in [0.25, 0.3) is 0 Å².